The van der Waals surface area contributed by atoms with Crippen molar-refractivity contribution in [1.82, 2.24) is 4.90 Å². The van der Waals surface area contributed by atoms with Gasteiger partial charge in [-0.25, -0.2) is 0 Å². The van der Waals surface area contributed by atoms with E-state index in [1.807, 2.05) is 41.3 Å². The van der Waals surface area contributed by atoms with E-state index in [1.165, 1.54) is 11.1 Å². The van der Waals surface area contributed by atoms with Crippen LogP contribution in [-0.2, 0) is 17.1 Å². The van der Waals surface area contributed by atoms with E-state index in [4.69, 9.17) is 0 Å². The second kappa shape index (κ2) is 8.64. The highest BCUT2D eigenvalue weighted by atomic mass is 32.2. The van der Waals surface area contributed by atoms with Crippen LogP contribution in [0.3, 0.4) is 0 Å². The molecule has 0 atom stereocenters. The molecule has 0 bridgehead atoms. The van der Waals surface area contributed by atoms with Gasteiger partial charge in [0.05, 0.1) is 5.75 Å². The van der Waals surface area contributed by atoms with Gasteiger partial charge in [-0.1, -0.05) is 60.7 Å². The molecular formula is C19H23NOS. The Labute approximate surface area is 137 Å². The van der Waals surface area contributed by atoms with Crippen LogP contribution in [0.1, 0.15) is 25.0 Å². The number of carbonyl (C=O) groups is 1. The van der Waals surface area contributed by atoms with E-state index < -0.39 is 0 Å². The first-order valence-electron chi connectivity index (χ1n) is 7.62. The molecule has 0 heterocycles. The molecule has 0 radical (unpaired) electrons. The quantitative estimate of drug-likeness (QED) is 0.757. The zero-order valence-corrected chi connectivity index (χ0v) is 14.1. The van der Waals surface area contributed by atoms with Crippen molar-refractivity contribution >= 4 is 17.7 Å². The second-order valence-corrected chi connectivity index (χ2v) is 6.56. The van der Waals surface area contributed by atoms with Crippen LogP contribution in [0, 0.1) is 0 Å². The van der Waals surface area contributed by atoms with E-state index in [-0.39, 0.29) is 11.9 Å². The Morgan fingerprint density at radius 1 is 0.955 bits per heavy atom. The Kier molecular flexibility index (Phi) is 6.53. The van der Waals surface area contributed by atoms with Gasteiger partial charge in [-0.2, -0.15) is 0 Å². The minimum Gasteiger partial charge on any atom is -0.335 e. The average Bonchev–Trinajstić information content (AvgIpc) is 2.54. The SMILES string of the molecule is CC(C)N(Cc1ccccc1)C(=O)CSCc1ccccc1. The molecule has 116 valence electrons. The number of hydrogen-bond acceptors (Lipinski definition) is 2. The average molecular weight is 313 g/mol. The van der Waals surface area contributed by atoms with E-state index in [1.54, 1.807) is 11.8 Å². The summed E-state index contributed by atoms with van der Waals surface area (Å²) in [5, 5.41) is 0. The molecule has 0 aliphatic rings. The minimum atomic E-state index is 0.208. The lowest BCUT2D eigenvalue weighted by atomic mass is 10.2. The highest BCUT2D eigenvalue weighted by molar-refractivity contribution is 7.99. The van der Waals surface area contributed by atoms with Gasteiger partial charge in [-0.15, -0.1) is 11.8 Å². The Hall–Kier alpha value is -1.74. The van der Waals surface area contributed by atoms with Crippen LogP contribution in [0.25, 0.3) is 0 Å². The number of nitrogens with zero attached hydrogens (tertiary/aromatic N) is 1. The summed E-state index contributed by atoms with van der Waals surface area (Å²) in [7, 11) is 0. The Bertz CT molecular complexity index is 569. The van der Waals surface area contributed by atoms with E-state index in [0.717, 1.165) is 5.75 Å². The Balaban J connectivity index is 1.87. The van der Waals surface area contributed by atoms with Crippen LogP contribution in [0.4, 0.5) is 0 Å². The smallest absolute Gasteiger partial charge is 0.233 e. The van der Waals surface area contributed by atoms with Crippen LogP contribution in [-0.4, -0.2) is 22.6 Å². The van der Waals surface area contributed by atoms with Crippen molar-refractivity contribution in [3.63, 3.8) is 0 Å². The maximum Gasteiger partial charge on any atom is 0.233 e. The van der Waals surface area contributed by atoms with Crippen LogP contribution in [0.5, 0.6) is 0 Å². The number of carbonyl (C=O) groups excluding carboxylic acids is 1. The van der Waals surface area contributed by atoms with E-state index in [0.29, 0.717) is 12.3 Å². The van der Waals surface area contributed by atoms with Crippen molar-refractivity contribution in [3.8, 4) is 0 Å². The molecule has 0 aromatic heterocycles. The van der Waals surface area contributed by atoms with Crippen molar-refractivity contribution in [2.75, 3.05) is 5.75 Å². The third-order valence-corrected chi connectivity index (χ3v) is 4.47. The molecular weight excluding hydrogens is 290 g/mol. The lowest BCUT2D eigenvalue weighted by molar-refractivity contribution is -0.130. The lowest BCUT2D eigenvalue weighted by Crippen LogP contribution is -2.37. The van der Waals surface area contributed by atoms with Gasteiger partial charge in [-0.3, -0.25) is 4.79 Å². The molecule has 0 aliphatic heterocycles. The first-order chi connectivity index (χ1) is 10.7. The first kappa shape index (κ1) is 16.6. The summed E-state index contributed by atoms with van der Waals surface area (Å²) < 4.78 is 0. The third-order valence-electron chi connectivity index (χ3n) is 3.48. The highest BCUT2D eigenvalue weighted by Crippen LogP contribution is 2.15. The lowest BCUT2D eigenvalue weighted by Gasteiger charge is -2.27. The molecule has 0 aliphatic carbocycles. The molecule has 2 aromatic rings. The summed E-state index contributed by atoms with van der Waals surface area (Å²) in [6, 6.07) is 20.7. The van der Waals surface area contributed by atoms with Gasteiger partial charge in [0.1, 0.15) is 0 Å². The normalized spacial score (nSPS) is 10.7. The fourth-order valence-electron chi connectivity index (χ4n) is 2.25. The number of amides is 1. The van der Waals surface area contributed by atoms with Crippen LogP contribution < -0.4 is 0 Å². The molecule has 22 heavy (non-hydrogen) atoms. The van der Waals surface area contributed by atoms with E-state index in [9.17, 15) is 4.79 Å². The number of rotatable bonds is 7. The second-order valence-electron chi connectivity index (χ2n) is 5.58. The van der Waals surface area contributed by atoms with Crippen molar-refractivity contribution in [1.29, 1.82) is 0 Å². The van der Waals surface area contributed by atoms with Crippen LogP contribution >= 0.6 is 11.8 Å². The predicted octanol–water partition coefficient (Wildman–Crippen LogP) is 4.36. The molecule has 0 fully saturated rings. The monoisotopic (exact) mass is 313 g/mol. The van der Waals surface area contributed by atoms with Gasteiger partial charge in [0.25, 0.3) is 0 Å². The summed E-state index contributed by atoms with van der Waals surface area (Å²) in [4.78, 5) is 14.4. The molecule has 3 heteroatoms. The summed E-state index contributed by atoms with van der Waals surface area (Å²) >= 11 is 1.68. The van der Waals surface area contributed by atoms with Crippen molar-refractivity contribution in [2.45, 2.75) is 32.2 Å². The molecule has 0 saturated heterocycles. The van der Waals surface area contributed by atoms with Gasteiger partial charge in [0, 0.05) is 18.3 Å². The number of hydrogen-bond donors (Lipinski definition) is 0. The molecule has 2 nitrogen and oxygen atoms in total. The van der Waals surface area contributed by atoms with Gasteiger partial charge in [0.2, 0.25) is 5.91 Å². The number of benzene rings is 2. The molecule has 1 amide bonds. The van der Waals surface area contributed by atoms with Crippen LogP contribution in [0.15, 0.2) is 60.7 Å². The molecule has 0 saturated carbocycles. The predicted molar refractivity (Wildman–Crippen MR) is 94.7 cm³/mol. The van der Waals surface area contributed by atoms with Crippen LogP contribution in [0.2, 0.25) is 0 Å². The summed E-state index contributed by atoms with van der Waals surface area (Å²) in [5.41, 5.74) is 2.44. The van der Waals surface area contributed by atoms with Crippen molar-refractivity contribution in [2.24, 2.45) is 0 Å². The van der Waals surface area contributed by atoms with Crippen molar-refractivity contribution < 1.29 is 4.79 Å². The molecule has 2 rings (SSSR count). The molecule has 0 unspecified atom stereocenters. The fourth-order valence-corrected chi connectivity index (χ4v) is 3.12. The largest absolute Gasteiger partial charge is 0.335 e. The summed E-state index contributed by atoms with van der Waals surface area (Å²) in [5.74, 6) is 1.61. The third kappa shape index (κ3) is 5.23. The van der Waals surface area contributed by atoms with E-state index >= 15 is 0 Å². The van der Waals surface area contributed by atoms with Gasteiger partial charge >= 0.3 is 0 Å². The van der Waals surface area contributed by atoms with Crippen molar-refractivity contribution in [3.05, 3.63) is 71.8 Å². The standard InChI is InChI=1S/C19H23NOS/c1-16(2)20(13-17-9-5-3-6-10-17)19(21)15-22-14-18-11-7-4-8-12-18/h3-12,16H,13-15H2,1-2H3. The van der Waals surface area contributed by atoms with Gasteiger partial charge in [0.15, 0.2) is 0 Å². The minimum absolute atomic E-state index is 0.208. The molecule has 2 aromatic carbocycles. The Morgan fingerprint density at radius 3 is 2.05 bits per heavy atom. The maximum atomic E-state index is 12.5. The first-order valence-corrected chi connectivity index (χ1v) is 8.77. The zero-order chi connectivity index (χ0) is 15.8. The highest BCUT2D eigenvalue weighted by Gasteiger charge is 2.17. The summed E-state index contributed by atoms with van der Waals surface area (Å²) in [6.45, 7) is 4.83. The molecule has 0 spiro atoms. The van der Waals surface area contributed by atoms with Gasteiger partial charge in [-0.05, 0) is 25.0 Å². The zero-order valence-electron chi connectivity index (χ0n) is 13.2. The number of thioether (sulfide) groups is 1. The maximum absolute atomic E-state index is 12.5. The summed E-state index contributed by atoms with van der Waals surface area (Å²) in [6.07, 6.45) is 0. The fraction of sp³-hybridized carbons (Fsp3) is 0.316. The molecule has 0 N–H and O–H groups in total. The van der Waals surface area contributed by atoms with Gasteiger partial charge < -0.3 is 4.90 Å². The van der Waals surface area contributed by atoms with E-state index in [2.05, 4.69) is 38.1 Å². The Morgan fingerprint density at radius 2 is 1.50 bits per heavy atom. The topological polar surface area (TPSA) is 20.3 Å².